The fourth-order valence-electron chi connectivity index (χ4n) is 1.75. The summed E-state index contributed by atoms with van der Waals surface area (Å²) in [6.07, 6.45) is 0.583. The quantitative estimate of drug-likeness (QED) is 0.889. The molecule has 0 aliphatic rings. The SMILES string of the molecule is CC(C)(CCO)n1sc2ccccc2c1=O. The smallest absolute Gasteiger partial charge is 0.269 e. The van der Waals surface area contributed by atoms with Crippen LogP contribution in [0, 0.1) is 0 Å². The minimum atomic E-state index is -0.324. The van der Waals surface area contributed by atoms with Gasteiger partial charge < -0.3 is 5.11 Å². The van der Waals surface area contributed by atoms with E-state index in [9.17, 15) is 4.79 Å². The third-order valence-corrected chi connectivity index (χ3v) is 4.16. The largest absolute Gasteiger partial charge is 0.396 e. The van der Waals surface area contributed by atoms with Crippen molar-refractivity contribution in [1.82, 2.24) is 3.96 Å². The minimum absolute atomic E-state index is 0.0408. The third kappa shape index (κ3) is 1.79. The summed E-state index contributed by atoms with van der Waals surface area (Å²) in [5.74, 6) is 0. The Morgan fingerprint density at radius 3 is 2.69 bits per heavy atom. The molecule has 4 heteroatoms. The van der Waals surface area contributed by atoms with Crippen molar-refractivity contribution in [2.75, 3.05) is 6.61 Å². The molecule has 1 aromatic carbocycles. The Morgan fingerprint density at radius 1 is 1.38 bits per heavy atom. The second-order valence-corrected chi connectivity index (χ2v) is 5.46. The molecule has 3 nitrogen and oxygen atoms in total. The summed E-state index contributed by atoms with van der Waals surface area (Å²) in [5, 5.41) is 9.78. The van der Waals surface area contributed by atoms with Crippen molar-refractivity contribution >= 4 is 21.6 Å². The minimum Gasteiger partial charge on any atom is -0.396 e. The molecule has 86 valence electrons. The van der Waals surface area contributed by atoms with Gasteiger partial charge in [0.2, 0.25) is 0 Å². The Bertz CT molecular complexity index is 553. The van der Waals surface area contributed by atoms with E-state index in [0.717, 1.165) is 10.1 Å². The Labute approximate surface area is 98.1 Å². The first-order chi connectivity index (χ1) is 7.56. The molecular weight excluding hydrogens is 222 g/mol. The number of aliphatic hydroxyl groups excluding tert-OH is 1. The van der Waals surface area contributed by atoms with Crippen molar-refractivity contribution in [3.05, 3.63) is 34.6 Å². The van der Waals surface area contributed by atoms with E-state index in [-0.39, 0.29) is 17.7 Å². The molecule has 0 radical (unpaired) electrons. The second kappa shape index (κ2) is 4.03. The Kier molecular flexibility index (Phi) is 2.86. The second-order valence-electron chi connectivity index (χ2n) is 4.47. The van der Waals surface area contributed by atoms with E-state index in [1.807, 2.05) is 38.1 Å². The normalized spacial score (nSPS) is 12.2. The van der Waals surface area contributed by atoms with Gasteiger partial charge in [-0.3, -0.25) is 8.75 Å². The molecule has 2 aromatic rings. The monoisotopic (exact) mass is 237 g/mol. The molecule has 0 spiro atoms. The molecule has 0 saturated carbocycles. The molecule has 0 bridgehead atoms. The summed E-state index contributed by atoms with van der Waals surface area (Å²) in [6, 6.07) is 7.61. The van der Waals surface area contributed by atoms with E-state index >= 15 is 0 Å². The van der Waals surface area contributed by atoms with Crippen molar-refractivity contribution in [1.29, 1.82) is 0 Å². The first-order valence-electron chi connectivity index (χ1n) is 5.29. The van der Waals surface area contributed by atoms with Crippen LogP contribution in [0.1, 0.15) is 20.3 Å². The van der Waals surface area contributed by atoms with Crippen LogP contribution < -0.4 is 5.56 Å². The Morgan fingerprint density at radius 2 is 2.06 bits per heavy atom. The highest BCUT2D eigenvalue weighted by Gasteiger charge is 2.23. The van der Waals surface area contributed by atoms with E-state index in [1.54, 1.807) is 3.96 Å². The van der Waals surface area contributed by atoms with Crippen LogP contribution in [-0.2, 0) is 5.54 Å². The van der Waals surface area contributed by atoms with Gasteiger partial charge in [0.25, 0.3) is 5.56 Å². The highest BCUT2D eigenvalue weighted by Crippen LogP contribution is 2.25. The van der Waals surface area contributed by atoms with Gasteiger partial charge in [-0.2, -0.15) is 0 Å². The van der Waals surface area contributed by atoms with E-state index in [0.29, 0.717) is 6.42 Å². The molecule has 16 heavy (non-hydrogen) atoms. The summed E-state index contributed by atoms with van der Waals surface area (Å²) < 4.78 is 2.76. The van der Waals surface area contributed by atoms with Crippen LogP contribution in [-0.4, -0.2) is 15.7 Å². The topological polar surface area (TPSA) is 42.2 Å². The molecule has 1 heterocycles. The molecule has 0 atom stereocenters. The predicted octanol–water partition coefficient (Wildman–Crippen LogP) is 2.18. The Hall–Kier alpha value is -1.13. The van der Waals surface area contributed by atoms with Crippen molar-refractivity contribution in [2.45, 2.75) is 25.8 Å². The van der Waals surface area contributed by atoms with Crippen LogP contribution in [0.25, 0.3) is 10.1 Å². The fraction of sp³-hybridized carbons (Fsp3) is 0.417. The van der Waals surface area contributed by atoms with Gasteiger partial charge in [-0.25, -0.2) is 0 Å². The van der Waals surface area contributed by atoms with Crippen LogP contribution >= 0.6 is 11.5 Å². The maximum atomic E-state index is 12.1. The molecule has 0 unspecified atom stereocenters. The van der Waals surface area contributed by atoms with Gasteiger partial charge in [0.15, 0.2) is 0 Å². The Balaban J connectivity index is 2.62. The maximum absolute atomic E-state index is 12.1. The van der Waals surface area contributed by atoms with Crippen molar-refractivity contribution in [3.8, 4) is 0 Å². The summed E-state index contributed by atoms with van der Waals surface area (Å²) in [7, 11) is 0. The summed E-state index contributed by atoms with van der Waals surface area (Å²) in [5.41, 5.74) is -0.283. The van der Waals surface area contributed by atoms with Gasteiger partial charge in [0.1, 0.15) is 0 Å². The number of fused-ring (bicyclic) bond motifs is 1. The lowest BCUT2D eigenvalue weighted by molar-refractivity contribution is 0.219. The maximum Gasteiger partial charge on any atom is 0.269 e. The molecule has 0 fully saturated rings. The molecule has 2 rings (SSSR count). The van der Waals surface area contributed by atoms with Crippen molar-refractivity contribution in [3.63, 3.8) is 0 Å². The lowest BCUT2D eigenvalue weighted by Crippen LogP contribution is -2.33. The van der Waals surface area contributed by atoms with Crippen LogP contribution in [0.15, 0.2) is 29.1 Å². The highest BCUT2D eigenvalue weighted by atomic mass is 32.1. The van der Waals surface area contributed by atoms with Gasteiger partial charge >= 0.3 is 0 Å². The number of hydrogen-bond acceptors (Lipinski definition) is 3. The van der Waals surface area contributed by atoms with Crippen LogP contribution in [0.2, 0.25) is 0 Å². The van der Waals surface area contributed by atoms with Gasteiger partial charge in [-0.05, 0) is 32.4 Å². The number of rotatable bonds is 3. The number of hydrogen-bond donors (Lipinski definition) is 1. The summed E-state index contributed by atoms with van der Waals surface area (Å²) in [4.78, 5) is 12.1. The number of aliphatic hydroxyl groups is 1. The van der Waals surface area contributed by atoms with Gasteiger partial charge in [-0.15, -0.1) is 0 Å². The first-order valence-corrected chi connectivity index (χ1v) is 6.06. The van der Waals surface area contributed by atoms with Gasteiger partial charge in [-0.1, -0.05) is 23.7 Å². The molecule has 0 aliphatic heterocycles. The van der Waals surface area contributed by atoms with Crippen LogP contribution in [0.4, 0.5) is 0 Å². The predicted molar refractivity (Wildman–Crippen MR) is 67.1 cm³/mol. The van der Waals surface area contributed by atoms with Gasteiger partial charge in [0, 0.05) is 6.61 Å². The number of aromatic nitrogens is 1. The average molecular weight is 237 g/mol. The zero-order chi connectivity index (χ0) is 11.8. The van der Waals surface area contributed by atoms with E-state index in [2.05, 4.69) is 0 Å². The third-order valence-electron chi connectivity index (χ3n) is 2.76. The highest BCUT2D eigenvalue weighted by molar-refractivity contribution is 7.13. The molecule has 0 saturated heterocycles. The van der Waals surface area contributed by atoms with E-state index in [1.165, 1.54) is 11.5 Å². The number of benzene rings is 1. The number of nitrogens with zero attached hydrogens (tertiary/aromatic N) is 1. The lowest BCUT2D eigenvalue weighted by Gasteiger charge is -2.23. The van der Waals surface area contributed by atoms with E-state index < -0.39 is 0 Å². The lowest BCUT2D eigenvalue weighted by atomic mass is 10.0. The van der Waals surface area contributed by atoms with E-state index in [4.69, 9.17) is 5.11 Å². The van der Waals surface area contributed by atoms with Gasteiger partial charge in [0.05, 0.1) is 15.6 Å². The molecule has 1 N–H and O–H groups in total. The van der Waals surface area contributed by atoms with Crippen LogP contribution in [0.5, 0.6) is 0 Å². The molecule has 0 aliphatic carbocycles. The molecule has 1 aromatic heterocycles. The first kappa shape index (κ1) is 11.4. The van der Waals surface area contributed by atoms with Crippen LogP contribution in [0.3, 0.4) is 0 Å². The average Bonchev–Trinajstić information content (AvgIpc) is 2.58. The van der Waals surface area contributed by atoms with Crippen molar-refractivity contribution in [2.24, 2.45) is 0 Å². The zero-order valence-electron chi connectivity index (χ0n) is 9.43. The summed E-state index contributed by atoms with van der Waals surface area (Å²) >= 11 is 1.46. The molecule has 0 amide bonds. The fourth-order valence-corrected chi connectivity index (χ4v) is 2.86. The summed E-state index contributed by atoms with van der Waals surface area (Å²) in [6.45, 7) is 4.04. The standard InChI is InChI=1S/C12H15NO2S/c1-12(2,7-8-14)13-11(15)9-5-3-4-6-10(9)16-13/h3-6,14H,7-8H2,1-2H3. The zero-order valence-corrected chi connectivity index (χ0v) is 10.3. The molecular formula is C12H15NO2S. The van der Waals surface area contributed by atoms with Crippen molar-refractivity contribution < 1.29 is 5.11 Å².